The SMILES string of the molecule is CC(C)C(O)c1ccccc1.CC(C)Cc1ccccc1.CC(C)N(C)C(C)(C)C.CC(C)N(C)C1CCC1.CC(C)NC(C)(C)C.CC(C)NC(C)(C)C(C)C.CC(C)NC(C)(C)C(F)(F)F.CC(C)NC(C)C(C)(C)C.CC(C)NC1CC2CCC1C2.CC(C)NC1CC2CCC1C2.CC(C)NC1CCC1. The molecule has 0 aromatic heterocycles. The number of nitrogens with one attached hydrogen (secondary N) is 7. The van der Waals surface area contributed by atoms with Crippen LogP contribution in [0.1, 0.15) is 370 Å². The van der Waals surface area contributed by atoms with Crippen molar-refractivity contribution in [2.45, 2.75) is 478 Å². The number of hydrogen-bond donors (Lipinski definition) is 8. The Morgan fingerprint density at radius 2 is 0.843 bits per heavy atom. The Hall–Kier alpha value is -2.17. The summed E-state index contributed by atoms with van der Waals surface area (Å²) in [5.41, 5.74) is 1.89. The van der Waals surface area contributed by atoms with Crippen LogP contribution in [-0.2, 0) is 6.42 Å². The van der Waals surface area contributed by atoms with Gasteiger partial charge >= 0.3 is 6.18 Å². The summed E-state index contributed by atoms with van der Waals surface area (Å²) < 4.78 is 36.4. The van der Waals surface area contributed by atoms with E-state index in [0.29, 0.717) is 65.2 Å². The van der Waals surface area contributed by atoms with Crippen molar-refractivity contribution in [1.29, 1.82) is 0 Å². The Bertz CT molecular complexity index is 2380. The standard InChI is InChI=1S/2C10H19N.C10H14O.C10H14.2C9H21N.C8H17N.C8H19N.C7H14F3N.C7H15N.C7H17N/c2*1-7(2)11-10-6-8-3-4-9(10)5-8;1-8(2)10(11)9-6-4-3-5-7-9;1-9(2)8-10-6-4-3-5-7-10;1-7(2)10-8(3)9(4,5)6;1-7(2)9(5,6)10-8(3)4;1-7(2)9(3)8-5-4-6-8;1-7(2)9(6)8(3,4)5;1-5(2)11-6(3,4)7(8,9)10;1-6(2)8-7-4-3-5-7;1-6(2)8-7(3,4)5/h2*7-11H,3-6H2,1-2H3;3-8,10-11H,1-2H3;3-7,9H,8H2,1-2H3;2*7-8,10H,1-6H3;7-8H,4-6H2,1-3H3;7H,1-6H3;5,11H,1-4H3;6-8H,3-5H2,1-2H3;6,8H,1-5H3. The highest BCUT2D eigenvalue weighted by Crippen LogP contribution is 2.45. The van der Waals surface area contributed by atoms with E-state index < -0.39 is 11.7 Å². The van der Waals surface area contributed by atoms with Crippen LogP contribution in [0.25, 0.3) is 0 Å². The van der Waals surface area contributed by atoms with Crippen LogP contribution in [0.2, 0.25) is 0 Å². The van der Waals surface area contributed by atoms with E-state index in [4.69, 9.17) is 0 Å². The van der Waals surface area contributed by atoms with Crippen LogP contribution in [0.4, 0.5) is 13.2 Å². The molecule has 6 fully saturated rings. The topological polar surface area (TPSA) is 111 Å². The molecule has 10 nitrogen and oxygen atoms in total. The molecule has 8 rings (SSSR count). The third-order valence-electron chi connectivity index (χ3n) is 21.9. The van der Waals surface area contributed by atoms with Crippen LogP contribution >= 0.6 is 0 Å². The van der Waals surface area contributed by atoms with Gasteiger partial charge in [0.15, 0.2) is 0 Å². The van der Waals surface area contributed by atoms with E-state index in [1.165, 1.54) is 102 Å². The monoisotopic (exact) mass is 1530 g/mol. The van der Waals surface area contributed by atoms with Gasteiger partial charge in [0.05, 0.1) is 6.10 Å². The Morgan fingerprint density at radius 3 is 1.02 bits per heavy atom. The van der Waals surface area contributed by atoms with E-state index in [-0.39, 0.29) is 29.1 Å². The van der Waals surface area contributed by atoms with Crippen molar-refractivity contribution in [3.05, 3.63) is 71.8 Å². The maximum Gasteiger partial charge on any atom is 0.406 e. The average Bonchev–Trinajstić information content (AvgIpc) is 1.66. The van der Waals surface area contributed by atoms with E-state index in [0.717, 1.165) is 79.2 Å². The highest BCUT2D eigenvalue weighted by molar-refractivity contribution is 5.18. The summed E-state index contributed by atoms with van der Waals surface area (Å²) in [6.45, 7) is 80.8. The maximum absolute atomic E-state index is 12.1. The Labute approximate surface area is 672 Å². The highest BCUT2D eigenvalue weighted by Gasteiger charge is 2.47. The molecule has 0 radical (unpaired) electrons. The molecule has 6 saturated carbocycles. The second kappa shape index (κ2) is 54.6. The first-order chi connectivity index (χ1) is 49.1. The molecule has 13 heteroatoms. The number of hydrogen-bond acceptors (Lipinski definition) is 10. The van der Waals surface area contributed by atoms with E-state index in [2.05, 4.69) is 313 Å². The second-order valence-corrected chi connectivity index (χ2v) is 41.1. The number of fused-ring (bicyclic) bond motifs is 4. The molecule has 2 aromatic rings. The summed E-state index contributed by atoms with van der Waals surface area (Å²) in [7, 11) is 4.39. The van der Waals surface area contributed by atoms with Crippen molar-refractivity contribution in [3.63, 3.8) is 0 Å². The summed E-state index contributed by atoms with van der Waals surface area (Å²) in [6, 6.07) is 29.5. The van der Waals surface area contributed by atoms with Gasteiger partial charge in [0.2, 0.25) is 0 Å². The van der Waals surface area contributed by atoms with Crippen molar-refractivity contribution in [3.8, 4) is 0 Å². The van der Waals surface area contributed by atoms with Gasteiger partial charge in [0, 0.05) is 101 Å². The zero-order chi connectivity index (χ0) is 84.6. The second-order valence-electron chi connectivity index (χ2n) is 41.1. The predicted octanol–water partition coefficient (Wildman–Crippen LogP) is 24.1. The van der Waals surface area contributed by atoms with Crippen molar-refractivity contribution in [2.75, 3.05) is 14.1 Å². The van der Waals surface area contributed by atoms with Gasteiger partial charge in [0.25, 0.3) is 0 Å². The molecule has 6 aliphatic rings. The summed E-state index contributed by atoms with van der Waals surface area (Å²) >= 11 is 0. The molecule has 8 unspecified atom stereocenters. The van der Waals surface area contributed by atoms with Crippen LogP contribution in [0.5, 0.6) is 0 Å². The smallest absolute Gasteiger partial charge is 0.388 e. The first kappa shape index (κ1) is 110. The first-order valence-electron chi connectivity index (χ1n) is 43.8. The Morgan fingerprint density at radius 1 is 0.444 bits per heavy atom. The Balaban J connectivity index is -0.00000112. The molecule has 642 valence electrons. The number of aliphatic hydroxyl groups excluding tert-OH is 1. The van der Waals surface area contributed by atoms with Gasteiger partial charge in [-0.3, -0.25) is 4.90 Å². The van der Waals surface area contributed by atoms with Crippen LogP contribution < -0.4 is 37.2 Å². The number of rotatable bonds is 21. The molecular weight excluding hydrogens is 1340 g/mol. The normalized spacial score (nSPS) is 20.5. The van der Waals surface area contributed by atoms with Gasteiger partial charge in [-0.15, -0.1) is 0 Å². The van der Waals surface area contributed by atoms with Gasteiger partial charge < -0.3 is 47.2 Å². The number of nitrogens with zero attached hydrogens (tertiary/aromatic N) is 2. The fraction of sp³-hybridized carbons (Fsp3) is 0.874. The van der Waals surface area contributed by atoms with E-state index in [1.54, 1.807) is 13.8 Å². The maximum atomic E-state index is 12.1. The lowest BCUT2D eigenvalue weighted by Crippen LogP contribution is -2.54. The lowest BCUT2D eigenvalue weighted by atomic mass is 9.88. The van der Waals surface area contributed by atoms with Crippen molar-refractivity contribution >= 4 is 0 Å². The van der Waals surface area contributed by atoms with Crippen molar-refractivity contribution < 1.29 is 18.3 Å². The molecule has 8 atom stereocenters. The minimum absolute atomic E-state index is 0.161. The number of halogens is 3. The molecule has 108 heavy (non-hydrogen) atoms. The number of aliphatic hydroxyl groups is 1. The van der Waals surface area contributed by atoms with Gasteiger partial charge in [-0.1, -0.05) is 246 Å². The zero-order valence-electron chi connectivity index (χ0n) is 79.1. The minimum atomic E-state index is -4.18. The quantitative estimate of drug-likeness (QED) is 0.0615. The molecule has 2 aromatic carbocycles. The molecule has 8 N–H and O–H groups in total. The van der Waals surface area contributed by atoms with Crippen molar-refractivity contribution in [2.24, 2.45) is 46.8 Å². The summed E-state index contributed by atoms with van der Waals surface area (Å²) in [4.78, 5) is 4.83. The van der Waals surface area contributed by atoms with Crippen LogP contribution in [-0.4, -0.2) is 142 Å². The fourth-order valence-electron chi connectivity index (χ4n) is 14.2. The summed E-state index contributed by atoms with van der Waals surface area (Å²) in [5, 5.41) is 33.2. The minimum Gasteiger partial charge on any atom is -0.388 e. The van der Waals surface area contributed by atoms with Gasteiger partial charge in [-0.2, -0.15) is 13.2 Å². The van der Waals surface area contributed by atoms with E-state index in [1.807, 2.05) is 44.2 Å². The summed E-state index contributed by atoms with van der Waals surface area (Å²) in [5.74, 6) is 5.96. The number of benzene rings is 2. The molecule has 6 aliphatic carbocycles. The highest BCUT2D eigenvalue weighted by atomic mass is 19.4. The molecule has 0 aliphatic heterocycles. The average molecular weight is 1530 g/mol. The summed E-state index contributed by atoms with van der Waals surface area (Å²) in [6.07, 6.45) is 17.2. The largest absolute Gasteiger partial charge is 0.406 e. The lowest BCUT2D eigenvalue weighted by Gasteiger charge is -2.37. The molecule has 0 saturated heterocycles. The van der Waals surface area contributed by atoms with Crippen LogP contribution in [0, 0.1) is 46.8 Å². The van der Waals surface area contributed by atoms with Gasteiger partial charge in [-0.25, -0.2) is 0 Å². The van der Waals surface area contributed by atoms with Crippen molar-refractivity contribution in [1.82, 2.24) is 47.0 Å². The van der Waals surface area contributed by atoms with Crippen LogP contribution in [0.3, 0.4) is 0 Å². The lowest BCUT2D eigenvalue weighted by molar-refractivity contribution is -0.187. The van der Waals surface area contributed by atoms with E-state index in [9.17, 15) is 18.3 Å². The van der Waals surface area contributed by atoms with Gasteiger partial charge in [-0.05, 0) is 247 Å². The van der Waals surface area contributed by atoms with E-state index >= 15 is 0 Å². The number of alkyl halides is 3. The van der Waals surface area contributed by atoms with Crippen LogP contribution in [0.15, 0.2) is 60.7 Å². The zero-order valence-corrected chi connectivity index (χ0v) is 79.1. The fourth-order valence-corrected chi connectivity index (χ4v) is 14.2. The predicted molar refractivity (Wildman–Crippen MR) is 476 cm³/mol. The molecule has 0 heterocycles. The molecular formula is C95H190F3N9O. The molecule has 0 spiro atoms. The third-order valence-corrected chi connectivity index (χ3v) is 21.9. The first-order valence-corrected chi connectivity index (χ1v) is 43.8. The molecule has 0 amide bonds. The van der Waals surface area contributed by atoms with Gasteiger partial charge in [0.1, 0.15) is 5.54 Å². The third kappa shape index (κ3) is 54.6. The molecule has 4 bridgehead atoms. The Kier molecular flexibility index (Phi) is 55.6.